The second-order valence-electron chi connectivity index (χ2n) is 16.6. The summed E-state index contributed by atoms with van der Waals surface area (Å²) in [6, 6.07) is 19.0. The Balaban J connectivity index is 1.52. The molecule has 1 heterocycles. The molecule has 6 heteroatoms. The number of nitrogens with zero attached hydrogens (tertiary/aromatic N) is 2. The fraction of sp³-hybridized carbons (Fsp3) is 0.460. The van der Waals surface area contributed by atoms with Gasteiger partial charge in [0.05, 0.1) is 12.3 Å². The van der Waals surface area contributed by atoms with Crippen LogP contribution in [0.1, 0.15) is 118 Å². The van der Waals surface area contributed by atoms with Crippen LogP contribution >= 0.6 is 0 Å². The predicted molar refractivity (Wildman–Crippen MR) is 230 cm³/mol. The first-order valence-electron chi connectivity index (χ1n) is 20.8. The lowest BCUT2D eigenvalue weighted by Crippen LogP contribution is -2.50. The Morgan fingerprint density at radius 3 is 2.43 bits per heavy atom. The van der Waals surface area contributed by atoms with Crippen LogP contribution in [0.3, 0.4) is 0 Å². The highest BCUT2D eigenvalue weighted by Gasteiger charge is 2.50. The normalized spacial score (nSPS) is 21.5. The first-order valence-corrected chi connectivity index (χ1v) is 20.8. The predicted octanol–water partition coefficient (Wildman–Crippen LogP) is 13.3. The molecule has 3 aliphatic rings. The molecule has 0 saturated carbocycles. The molecule has 298 valence electrons. The quantitative estimate of drug-likeness (QED) is 0.0825. The number of aliphatic imine (C=N–C) groups is 1. The number of fused-ring (bicyclic) bond motifs is 5. The number of halogens is 3. The highest BCUT2D eigenvalue weighted by molar-refractivity contribution is 6.15. The fourth-order valence-electron chi connectivity index (χ4n) is 9.58. The average molecular weight is 763 g/mol. The number of allylic oxidation sites excluding steroid dienone is 3. The van der Waals surface area contributed by atoms with Crippen molar-refractivity contribution in [2.45, 2.75) is 124 Å². The van der Waals surface area contributed by atoms with Crippen molar-refractivity contribution in [2.24, 2.45) is 16.8 Å². The number of anilines is 1. The number of hydrogen-bond acceptors (Lipinski definition) is 3. The van der Waals surface area contributed by atoms with Gasteiger partial charge < -0.3 is 9.64 Å². The van der Waals surface area contributed by atoms with Crippen LogP contribution in [0.4, 0.5) is 18.9 Å². The molecule has 0 N–H and O–H groups in total. The molecule has 0 fully saturated rings. The van der Waals surface area contributed by atoms with Gasteiger partial charge in [-0.3, -0.25) is 4.99 Å². The molecule has 0 spiro atoms. The number of alkyl halides is 3. The molecule has 6 unspecified atom stereocenters. The van der Waals surface area contributed by atoms with Gasteiger partial charge in [-0.2, -0.15) is 8.78 Å². The second-order valence-corrected chi connectivity index (χ2v) is 16.6. The minimum Gasteiger partial charge on any atom is -0.486 e. The first kappa shape index (κ1) is 41.3. The zero-order valence-corrected chi connectivity index (χ0v) is 34.6. The molecule has 3 nitrogen and oxygen atoms in total. The summed E-state index contributed by atoms with van der Waals surface area (Å²) < 4.78 is 48.5. The smallest absolute Gasteiger partial charge is 0.311 e. The van der Waals surface area contributed by atoms with Gasteiger partial charge in [-0.25, -0.2) is 4.39 Å². The van der Waals surface area contributed by atoms with E-state index in [1.165, 1.54) is 58.3 Å². The number of unbranched alkanes of at least 4 members (excludes halogenated alkanes) is 2. The topological polar surface area (TPSA) is 24.8 Å². The van der Waals surface area contributed by atoms with Crippen LogP contribution in [0.25, 0.3) is 5.57 Å². The third-order valence-electron chi connectivity index (χ3n) is 12.2. The van der Waals surface area contributed by atoms with Crippen LogP contribution in [0.15, 0.2) is 102 Å². The van der Waals surface area contributed by atoms with Crippen LogP contribution in [-0.2, 0) is 0 Å². The summed E-state index contributed by atoms with van der Waals surface area (Å²) >= 11 is 0. The summed E-state index contributed by atoms with van der Waals surface area (Å²) in [6.07, 6.45) is 13.0. The van der Waals surface area contributed by atoms with Crippen LogP contribution in [0.5, 0.6) is 5.75 Å². The summed E-state index contributed by atoms with van der Waals surface area (Å²) in [6.45, 7) is 22.2. The molecule has 56 heavy (non-hydrogen) atoms. The summed E-state index contributed by atoms with van der Waals surface area (Å²) in [5.41, 5.74) is 13.0. The third kappa shape index (κ3) is 8.36. The number of rotatable bonds is 16. The van der Waals surface area contributed by atoms with Gasteiger partial charge in [0.2, 0.25) is 0 Å². The maximum Gasteiger partial charge on any atom is 0.311 e. The standard InChI is InChI=1S/C50H61F3N2O/c1-10-12-13-18-38(11-2)55-45-24-23-37(48(54-29-31(3)4)41-21-16-17-22-46(41)56-30-50(52,53)36(9)51)27-43(45)44-28-42(39-19-14-15-20-40(39)49(44)55)35(8)47-33(6)25-32(5)26-34(47)7/h15-17,20-28,36,38-40,44,49H,3,8,10-14,18-19,29-30H2,1-2,4-7,9H3/b54-48+. The van der Waals surface area contributed by atoms with Crippen molar-refractivity contribution in [3.05, 3.63) is 136 Å². The molecule has 1 aliphatic heterocycles. The van der Waals surface area contributed by atoms with E-state index in [0.717, 1.165) is 49.3 Å². The maximum atomic E-state index is 14.5. The molecule has 2 aliphatic carbocycles. The summed E-state index contributed by atoms with van der Waals surface area (Å²) in [5.74, 6) is -2.61. The number of benzene rings is 3. The van der Waals surface area contributed by atoms with E-state index in [2.05, 4.69) is 94.7 Å². The molecule has 0 amide bonds. The van der Waals surface area contributed by atoms with Crippen molar-refractivity contribution < 1.29 is 17.9 Å². The third-order valence-corrected chi connectivity index (χ3v) is 12.2. The van der Waals surface area contributed by atoms with Crippen LogP contribution in [0, 0.1) is 32.6 Å². The van der Waals surface area contributed by atoms with Crippen molar-refractivity contribution in [1.82, 2.24) is 0 Å². The molecular weight excluding hydrogens is 702 g/mol. The Bertz CT molecular complexity index is 2000. The van der Waals surface area contributed by atoms with Crippen molar-refractivity contribution in [3.8, 4) is 5.75 Å². The van der Waals surface area contributed by atoms with E-state index in [9.17, 15) is 13.2 Å². The number of ether oxygens (including phenoxy) is 1. The lowest BCUT2D eigenvalue weighted by atomic mass is 9.64. The zero-order chi connectivity index (χ0) is 40.3. The molecule has 3 aromatic rings. The molecule has 0 saturated heterocycles. The van der Waals surface area contributed by atoms with Gasteiger partial charge in [0.25, 0.3) is 0 Å². The Kier molecular flexibility index (Phi) is 12.9. The van der Waals surface area contributed by atoms with Crippen LogP contribution < -0.4 is 9.64 Å². The molecule has 6 rings (SSSR count). The van der Waals surface area contributed by atoms with E-state index < -0.39 is 18.7 Å². The number of aryl methyl sites for hydroxylation is 3. The lowest BCUT2D eigenvalue weighted by Gasteiger charge is -2.47. The molecule has 0 bridgehead atoms. The Morgan fingerprint density at radius 1 is 1.02 bits per heavy atom. The second kappa shape index (κ2) is 17.4. The molecule has 0 radical (unpaired) electrons. The van der Waals surface area contributed by atoms with Gasteiger partial charge in [-0.1, -0.05) is 106 Å². The minimum atomic E-state index is -3.63. The van der Waals surface area contributed by atoms with E-state index in [1.807, 2.05) is 19.1 Å². The number of para-hydroxylation sites is 1. The van der Waals surface area contributed by atoms with Gasteiger partial charge in [0.1, 0.15) is 5.75 Å². The Hall–Kier alpha value is -4.32. The zero-order valence-electron chi connectivity index (χ0n) is 34.6. The first-order chi connectivity index (χ1) is 26.8. The SMILES string of the molecule is C=C(C)C/N=C(\c1ccc2c(c1)C1C=C(C(=C)c3c(C)cc(C)cc3C)C3CCC=CC3C1N2C(CC)CCCCC)c1ccccc1OCC(F)(F)C(C)F. The van der Waals surface area contributed by atoms with Gasteiger partial charge in [-0.05, 0) is 124 Å². The summed E-state index contributed by atoms with van der Waals surface area (Å²) in [4.78, 5) is 7.82. The van der Waals surface area contributed by atoms with Crippen molar-refractivity contribution in [2.75, 3.05) is 18.1 Å². The Morgan fingerprint density at radius 2 is 1.75 bits per heavy atom. The summed E-state index contributed by atoms with van der Waals surface area (Å²) in [5, 5.41) is 0. The Labute approximate surface area is 334 Å². The largest absolute Gasteiger partial charge is 0.486 e. The van der Waals surface area contributed by atoms with E-state index in [4.69, 9.17) is 16.3 Å². The average Bonchev–Trinajstić information content (AvgIpc) is 3.49. The highest BCUT2D eigenvalue weighted by Crippen LogP contribution is 2.56. The minimum absolute atomic E-state index is 0.102. The maximum absolute atomic E-state index is 14.5. The summed E-state index contributed by atoms with van der Waals surface area (Å²) in [7, 11) is 0. The number of hydrogen-bond donors (Lipinski definition) is 0. The van der Waals surface area contributed by atoms with Crippen molar-refractivity contribution in [3.63, 3.8) is 0 Å². The van der Waals surface area contributed by atoms with Gasteiger partial charge in [0, 0.05) is 40.7 Å². The van der Waals surface area contributed by atoms with Crippen molar-refractivity contribution >= 4 is 17.0 Å². The van der Waals surface area contributed by atoms with Gasteiger partial charge >= 0.3 is 5.92 Å². The highest BCUT2D eigenvalue weighted by atomic mass is 19.3. The van der Waals surface area contributed by atoms with Crippen molar-refractivity contribution in [1.29, 1.82) is 0 Å². The monoisotopic (exact) mass is 762 g/mol. The lowest BCUT2D eigenvalue weighted by molar-refractivity contribution is -0.0941. The molecule has 0 aromatic heterocycles. The van der Waals surface area contributed by atoms with Gasteiger partial charge in [-0.15, -0.1) is 0 Å². The molecular formula is C50H61F3N2O. The van der Waals surface area contributed by atoms with Crippen LogP contribution in [0.2, 0.25) is 0 Å². The van der Waals surface area contributed by atoms with E-state index in [0.29, 0.717) is 35.7 Å². The van der Waals surface area contributed by atoms with Gasteiger partial charge in [0.15, 0.2) is 12.8 Å². The van der Waals surface area contributed by atoms with Crippen LogP contribution in [-0.4, -0.2) is 43.0 Å². The van der Waals surface area contributed by atoms with E-state index >= 15 is 0 Å². The molecule has 3 aromatic carbocycles. The van der Waals surface area contributed by atoms with E-state index in [1.54, 1.807) is 12.1 Å². The molecule has 6 atom stereocenters. The fourth-order valence-corrected chi connectivity index (χ4v) is 9.58. The van der Waals surface area contributed by atoms with E-state index in [-0.39, 0.29) is 17.7 Å².